The van der Waals surface area contributed by atoms with Gasteiger partial charge in [0.2, 0.25) is 0 Å². The molecular formula is C15H16N4O4. The molecule has 2 heterocycles. The van der Waals surface area contributed by atoms with Gasteiger partial charge in [-0.25, -0.2) is 0 Å². The van der Waals surface area contributed by atoms with Crippen LogP contribution in [0.15, 0.2) is 36.5 Å². The molecule has 0 saturated carbocycles. The van der Waals surface area contributed by atoms with Crippen molar-refractivity contribution in [2.45, 2.75) is 18.4 Å². The molecule has 1 aromatic heterocycles. The van der Waals surface area contributed by atoms with Gasteiger partial charge in [0.25, 0.3) is 0 Å². The molecule has 3 unspecified atom stereocenters. The van der Waals surface area contributed by atoms with Crippen LogP contribution in [0.5, 0.6) is 0 Å². The second-order valence-corrected chi connectivity index (χ2v) is 5.40. The number of nitro groups is 1. The van der Waals surface area contributed by atoms with Crippen molar-refractivity contribution in [2.75, 3.05) is 0 Å². The lowest BCUT2D eigenvalue weighted by Gasteiger charge is -2.28. The minimum Gasteiger partial charge on any atom is -0.371 e. The number of nitrogens with zero attached hydrogens (tertiary/aromatic N) is 2. The van der Waals surface area contributed by atoms with Gasteiger partial charge in [0.15, 0.2) is 6.23 Å². The quantitative estimate of drug-likeness (QED) is 0.553. The summed E-state index contributed by atoms with van der Waals surface area (Å²) in [6.45, 7) is 0. The molecule has 1 fully saturated rings. The molecule has 1 aromatic carbocycles. The molecule has 0 aliphatic carbocycles. The summed E-state index contributed by atoms with van der Waals surface area (Å²) in [6.07, 6.45) is 3.20. The summed E-state index contributed by atoms with van der Waals surface area (Å²) in [5.41, 5.74) is 2.02. The molecule has 23 heavy (non-hydrogen) atoms. The Hall–Kier alpha value is -2.71. The zero-order chi connectivity index (χ0) is 16.6. The number of aliphatic hydroxyl groups excluding tert-OH is 1. The third kappa shape index (κ3) is 2.81. The number of aliphatic hydroxyl groups is 1. The Morgan fingerprint density at radius 1 is 1.39 bits per heavy atom. The number of benzene rings is 1. The lowest BCUT2D eigenvalue weighted by atomic mass is 10.1. The van der Waals surface area contributed by atoms with Crippen molar-refractivity contribution in [1.82, 2.24) is 15.2 Å². The maximum Gasteiger partial charge on any atom is 0.328 e. The third-order valence-electron chi connectivity index (χ3n) is 3.84. The second kappa shape index (κ2) is 5.82. The highest BCUT2D eigenvalue weighted by atomic mass is 16.6. The fraction of sp³-hybridized carbons (Fsp3) is 0.267. The predicted octanol–water partition coefficient (Wildman–Crippen LogP) is 0.201. The van der Waals surface area contributed by atoms with E-state index in [9.17, 15) is 20.0 Å². The van der Waals surface area contributed by atoms with Crippen LogP contribution in [0.2, 0.25) is 0 Å². The Morgan fingerprint density at radius 3 is 2.83 bits per heavy atom. The second-order valence-electron chi connectivity index (χ2n) is 5.40. The number of aryl methyl sites for hydroxylation is 1. The third-order valence-corrected chi connectivity index (χ3v) is 3.84. The highest BCUT2D eigenvalue weighted by Crippen LogP contribution is 2.21. The van der Waals surface area contributed by atoms with E-state index in [1.54, 1.807) is 12.2 Å². The Labute approximate surface area is 131 Å². The molecule has 1 aliphatic heterocycles. The SMILES string of the molecule is Cn1cc(/C=C/C2NC(=O)C([N+](=O)[O-])C(O)N2)c2ccccc21. The molecule has 2 aromatic rings. The van der Waals surface area contributed by atoms with E-state index in [1.807, 2.05) is 42.1 Å². The van der Waals surface area contributed by atoms with Crippen LogP contribution in [0.4, 0.5) is 0 Å². The number of hydrogen-bond donors (Lipinski definition) is 3. The largest absolute Gasteiger partial charge is 0.371 e. The summed E-state index contributed by atoms with van der Waals surface area (Å²) < 4.78 is 1.99. The van der Waals surface area contributed by atoms with Gasteiger partial charge in [-0.05, 0) is 17.7 Å². The molecule has 120 valence electrons. The summed E-state index contributed by atoms with van der Waals surface area (Å²) in [6, 6.07) is 6.17. The van der Waals surface area contributed by atoms with Gasteiger partial charge in [0.05, 0.1) is 0 Å². The van der Waals surface area contributed by atoms with Gasteiger partial charge in [-0.15, -0.1) is 0 Å². The Balaban J connectivity index is 1.80. The summed E-state index contributed by atoms with van der Waals surface area (Å²) in [5.74, 6) is -0.811. The average molecular weight is 316 g/mol. The highest BCUT2D eigenvalue weighted by molar-refractivity contribution is 5.89. The summed E-state index contributed by atoms with van der Waals surface area (Å²) >= 11 is 0. The van der Waals surface area contributed by atoms with Crippen molar-refractivity contribution in [1.29, 1.82) is 0 Å². The Morgan fingerprint density at radius 2 is 2.13 bits per heavy atom. The molecule has 1 aliphatic rings. The number of hydrogen-bond acceptors (Lipinski definition) is 5. The van der Waals surface area contributed by atoms with Crippen molar-refractivity contribution in [3.8, 4) is 0 Å². The van der Waals surface area contributed by atoms with E-state index in [-0.39, 0.29) is 0 Å². The average Bonchev–Trinajstić information content (AvgIpc) is 2.81. The van der Waals surface area contributed by atoms with Crippen molar-refractivity contribution >= 4 is 22.9 Å². The van der Waals surface area contributed by atoms with E-state index in [0.717, 1.165) is 16.5 Å². The number of nitrogens with one attached hydrogen (secondary N) is 2. The van der Waals surface area contributed by atoms with Crippen LogP contribution in [0.3, 0.4) is 0 Å². The predicted molar refractivity (Wildman–Crippen MR) is 83.8 cm³/mol. The van der Waals surface area contributed by atoms with Crippen molar-refractivity contribution < 1.29 is 14.8 Å². The molecular weight excluding hydrogens is 300 g/mol. The number of amides is 1. The van der Waals surface area contributed by atoms with Crippen LogP contribution >= 0.6 is 0 Å². The molecule has 3 rings (SSSR count). The molecule has 3 atom stereocenters. The van der Waals surface area contributed by atoms with Crippen LogP contribution in [0.25, 0.3) is 17.0 Å². The molecule has 0 spiro atoms. The van der Waals surface area contributed by atoms with Gasteiger partial charge in [-0.2, -0.15) is 0 Å². The number of para-hydroxylation sites is 1. The van der Waals surface area contributed by atoms with E-state index in [1.165, 1.54) is 0 Å². The number of carbonyl (C=O) groups is 1. The molecule has 8 nitrogen and oxygen atoms in total. The first-order chi connectivity index (χ1) is 11.0. The lowest BCUT2D eigenvalue weighted by molar-refractivity contribution is -0.522. The minimum absolute atomic E-state index is 0.673. The van der Waals surface area contributed by atoms with E-state index in [0.29, 0.717) is 0 Å². The maximum absolute atomic E-state index is 11.7. The normalized spacial score (nSPS) is 25.0. The van der Waals surface area contributed by atoms with Gasteiger partial charge in [0.1, 0.15) is 6.17 Å². The van der Waals surface area contributed by atoms with Crippen LogP contribution in [0.1, 0.15) is 5.56 Å². The monoisotopic (exact) mass is 316 g/mol. The summed E-state index contributed by atoms with van der Waals surface area (Å²) in [7, 11) is 1.94. The Kier molecular flexibility index (Phi) is 3.85. The standard InChI is InChI=1S/C15H16N4O4/c1-18-8-9(10-4-2-3-5-11(10)18)6-7-12-16-14(20)13(19(22)23)15(21)17-12/h2-8,12-14,16,20H,1H3,(H,17,21)/b7-6+. The number of rotatable bonds is 3. The van der Waals surface area contributed by atoms with Gasteiger partial charge in [0, 0.05) is 29.1 Å². The molecule has 8 heteroatoms. The topological polar surface area (TPSA) is 109 Å². The Bertz CT molecular complexity index is 798. The number of carbonyl (C=O) groups excluding carboxylic acids is 1. The van der Waals surface area contributed by atoms with Crippen LogP contribution in [-0.4, -0.2) is 38.9 Å². The smallest absolute Gasteiger partial charge is 0.328 e. The zero-order valence-corrected chi connectivity index (χ0v) is 12.3. The fourth-order valence-electron chi connectivity index (χ4n) is 2.72. The summed E-state index contributed by atoms with van der Waals surface area (Å²) in [4.78, 5) is 21.6. The van der Waals surface area contributed by atoms with Crippen molar-refractivity contribution in [2.24, 2.45) is 7.05 Å². The first-order valence-corrected chi connectivity index (χ1v) is 7.07. The van der Waals surface area contributed by atoms with Crippen LogP contribution in [0, 0.1) is 10.1 Å². The molecule has 0 bridgehead atoms. The molecule has 1 amide bonds. The molecule has 1 saturated heterocycles. The highest BCUT2D eigenvalue weighted by Gasteiger charge is 2.43. The number of fused-ring (bicyclic) bond motifs is 1. The number of aromatic nitrogens is 1. The van der Waals surface area contributed by atoms with Crippen LogP contribution in [-0.2, 0) is 11.8 Å². The maximum atomic E-state index is 11.7. The molecule has 3 N–H and O–H groups in total. The van der Waals surface area contributed by atoms with Gasteiger partial charge >= 0.3 is 11.9 Å². The minimum atomic E-state index is -1.70. The lowest BCUT2D eigenvalue weighted by Crippen LogP contribution is -2.65. The van der Waals surface area contributed by atoms with Gasteiger partial charge in [-0.1, -0.05) is 24.3 Å². The first-order valence-electron chi connectivity index (χ1n) is 7.07. The van der Waals surface area contributed by atoms with Crippen molar-refractivity contribution in [3.05, 3.63) is 52.2 Å². The summed E-state index contributed by atoms with van der Waals surface area (Å²) in [5, 5.41) is 26.5. The fourth-order valence-corrected chi connectivity index (χ4v) is 2.72. The first kappa shape index (κ1) is 15.2. The van der Waals surface area contributed by atoms with E-state index < -0.39 is 29.3 Å². The van der Waals surface area contributed by atoms with E-state index in [2.05, 4.69) is 10.6 Å². The molecule has 0 radical (unpaired) electrons. The van der Waals surface area contributed by atoms with Gasteiger partial charge in [-0.3, -0.25) is 20.2 Å². The van der Waals surface area contributed by atoms with Crippen LogP contribution < -0.4 is 10.6 Å². The van der Waals surface area contributed by atoms with E-state index in [4.69, 9.17) is 0 Å². The van der Waals surface area contributed by atoms with E-state index >= 15 is 0 Å². The van der Waals surface area contributed by atoms with Gasteiger partial charge < -0.3 is 15.0 Å². The zero-order valence-electron chi connectivity index (χ0n) is 12.3. The van der Waals surface area contributed by atoms with Crippen molar-refractivity contribution in [3.63, 3.8) is 0 Å².